The average molecular weight is 238 g/mol. The Labute approximate surface area is 98.6 Å². The van der Waals surface area contributed by atoms with Crippen molar-refractivity contribution in [3.8, 4) is 0 Å². The fourth-order valence-electron chi connectivity index (χ4n) is 1.89. The van der Waals surface area contributed by atoms with Crippen LogP contribution in [-0.2, 0) is 15.1 Å². The number of carbonyl (C=O) groups is 1. The number of ether oxygens (including phenoxy) is 2. The van der Waals surface area contributed by atoms with Crippen LogP contribution in [0, 0.1) is 0 Å². The van der Waals surface area contributed by atoms with Gasteiger partial charge in [0, 0.05) is 45.6 Å². The van der Waals surface area contributed by atoms with Crippen molar-refractivity contribution in [3.63, 3.8) is 0 Å². The minimum absolute atomic E-state index is 0.0760. The van der Waals surface area contributed by atoms with Crippen molar-refractivity contribution in [2.45, 2.75) is 18.4 Å². The molecule has 1 aromatic rings. The molecule has 0 amide bonds. The predicted octanol–water partition coefficient (Wildman–Crippen LogP) is 0.827. The van der Waals surface area contributed by atoms with Crippen LogP contribution in [0.25, 0.3) is 0 Å². The molecule has 1 aliphatic heterocycles. The van der Waals surface area contributed by atoms with E-state index in [-0.39, 0.29) is 5.56 Å². The Bertz CT molecular complexity index is 398. The molecular formula is C11H14N2O4. The van der Waals surface area contributed by atoms with Gasteiger partial charge >= 0.3 is 5.97 Å². The quantitative estimate of drug-likeness (QED) is 0.839. The van der Waals surface area contributed by atoms with Crippen LogP contribution in [0.4, 0.5) is 0 Å². The molecular weight excluding hydrogens is 224 g/mol. The van der Waals surface area contributed by atoms with E-state index in [4.69, 9.17) is 14.6 Å². The van der Waals surface area contributed by atoms with Gasteiger partial charge in [0.1, 0.15) is 5.60 Å². The highest BCUT2D eigenvalue weighted by Crippen LogP contribution is 2.32. The molecule has 1 aliphatic rings. The van der Waals surface area contributed by atoms with E-state index in [0.717, 1.165) is 0 Å². The third-order valence-corrected chi connectivity index (χ3v) is 3.00. The van der Waals surface area contributed by atoms with Crippen LogP contribution in [-0.4, -0.2) is 41.4 Å². The van der Waals surface area contributed by atoms with Crippen molar-refractivity contribution in [1.82, 2.24) is 9.97 Å². The molecule has 2 heterocycles. The van der Waals surface area contributed by atoms with E-state index in [1.165, 1.54) is 12.4 Å². The summed E-state index contributed by atoms with van der Waals surface area (Å²) in [7, 11) is 1.61. The lowest BCUT2D eigenvalue weighted by Crippen LogP contribution is -2.37. The van der Waals surface area contributed by atoms with Crippen molar-refractivity contribution in [2.75, 3.05) is 20.3 Å². The summed E-state index contributed by atoms with van der Waals surface area (Å²) in [4.78, 5) is 18.9. The number of rotatable bonds is 3. The molecule has 6 nitrogen and oxygen atoms in total. The number of aromatic nitrogens is 2. The zero-order valence-electron chi connectivity index (χ0n) is 9.55. The minimum atomic E-state index is -1.03. The zero-order valence-corrected chi connectivity index (χ0v) is 9.55. The van der Waals surface area contributed by atoms with Gasteiger partial charge in [-0.2, -0.15) is 0 Å². The standard InChI is InChI=1S/C11H14N2O4/c1-16-11(2-4-17-5-3-11)10-12-6-8(7-13-10)9(14)15/h6-7H,2-5H2,1H3,(H,14,15). The zero-order chi connectivity index (χ0) is 12.3. The summed E-state index contributed by atoms with van der Waals surface area (Å²) in [6.45, 7) is 1.19. The van der Waals surface area contributed by atoms with Crippen LogP contribution < -0.4 is 0 Å². The fourth-order valence-corrected chi connectivity index (χ4v) is 1.89. The van der Waals surface area contributed by atoms with Crippen LogP contribution in [0.1, 0.15) is 29.0 Å². The van der Waals surface area contributed by atoms with E-state index < -0.39 is 11.6 Å². The second-order valence-corrected chi connectivity index (χ2v) is 3.91. The van der Waals surface area contributed by atoms with Gasteiger partial charge in [0.25, 0.3) is 0 Å². The summed E-state index contributed by atoms with van der Waals surface area (Å²) in [5.74, 6) is -0.511. The molecule has 0 unspecified atom stereocenters. The summed E-state index contributed by atoms with van der Waals surface area (Å²) >= 11 is 0. The molecule has 1 saturated heterocycles. The summed E-state index contributed by atoms with van der Waals surface area (Å²) in [5.41, 5.74) is -0.470. The number of carboxylic acid groups (broad SMARTS) is 1. The Morgan fingerprint density at radius 3 is 2.47 bits per heavy atom. The highest BCUT2D eigenvalue weighted by atomic mass is 16.5. The van der Waals surface area contributed by atoms with E-state index in [0.29, 0.717) is 31.9 Å². The Hall–Kier alpha value is -1.53. The molecule has 0 aromatic carbocycles. The summed E-state index contributed by atoms with van der Waals surface area (Å²) in [5, 5.41) is 8.78. The van der Waals surface area contributed by atoms with Crippen LogP contribution in [0.2, 0.25) is 0 Å². The SMILES string of the molecule is COC1(c2ncc(C(=O)O)cn2)CCOCC1. The number of hydrogen-bond donors (Lipinski definition) is 1. The van der Waals surface area contributed by atoms with E-state index in [1.54, 1.807) is 7.11 Å². The predicted molar refractivity (Wildman–Crippen MR) is 57.7 cm³/mol. The molecule has 1 fully saturated rings. The van der Waals surface area contributed by atoms with Crippen molar-refractivity contribution in [2.24, 2.45) is 0 Å². The topological polar surface area (TPSA) is 81.5 Å². The van der Waals surface area contributed by atoms with E-state index >= 15 is 0 Å². The van der Waals surface area contributed by atoms with Gasteiger partial charge < -0.3 is 14.6 Å². The van der Waals surface area contributed by atoms with Crippen molar-refractivity contribution in [3.05, 3.63) is 23.8 Å². The summed E-state index contributed by atoms with van der Waals surface area (Å²) < 4.78 is 10.8. The molecule has 6 heteroatoms. The molecule has 1 aromatic heterocycles. The van der Waals surface area contributed by atoms with Gasteiger partial charge in [-0.3, -0.25) is 0 Å². The average Bonchev–Trinajstić information content (AvgIpc) is 2.39. The Kier molecular flexibility index (Phi) is 3.35. The summed E-state index contributed by atoms with van der Waals surface area (Å²) in [6.07, 6.45) is 3.97. The molecule has 0 atom stereocenters. The van der Waals surface area contributed by atoms with Crippen LogP contribution >= 0.6 is 0 Å². The van der Waals surface area contributed by atoms with Crippen LogP contribution in [0.15, 0.2) is 12.4 Å². The third-order valence-electron chi connectivity index (χ3n) is 3.00. The monoisotopic (exact) mass is 238 g/mol. The Morgan fingerprint density at radius 2 is 2.00 bits per heavy atom. The van der Waals surface area contributed by atoms with Crippen LogP contribution in [0.3, 0.4) is 0 Å². The molecule has 2 rings (SSSR count). The molecule has 0 spiro atoms. The smallest absolute Gasteiger partial charge is 0.338 e. The van der Waals surface area contributed by atoms with Gasteiger partial charge in [0.05, 0.1) is 5.56 Å². The molecule has 0 radical (unpaired) electrons. The van der Waals surface area contributed by atoms with Gasteiger partial charge in [0.15, 0.2) is 5.82 Å². The number of nitrogens with zero attached hydrogens (tertiary/aromatic N) is 2. The molecule has 17 heavy (non-hydrogen) atoms. The molecule has 0 aliphatic carbocycles. The van der Waals surface area contributed by atoms with Gasteiger partial charge in [0.2, 0.25) is 0 Å². The summed E-state index contributed by atoms with van der Waals surface area (Å²) in [6, 6.07) is 0. The first kappa shape index (κ1) is 11.9. The van der Waals surface area contributed by atoms with E-state index in [1.807, 2.05) is 0 Å². The molecule has 0 bridgehead atoms. The Balaban J connectivity index is 2.27. The maximum Gasteiger partial charge on any atom is 0.338 e. The lowest BCUT2D eigenvalue weighted by molar-refractivity contribution is -0.1000. The largest absolute Gasteiger partial charge is 0.478 e. The van der Waals surface area contributed by atoms with Crippen molar-refractivity contribution in [1.29, 1.82) is 0 Å². The number of hydrogen-bond acceptors (Lipinski definition) is 5. The van der Waals surface area contributed by atoms with Crippen LogP contribution in [0.5, 0.6) is 0 Å². The van der Waals surface area contributed by atoms with Gasteiger partial charge in [-0.1, -0.05) is 0 Å². The fraction of sp³-hybridized carbons (Fsp3) is 0.545. The maximum atomic E-state index is 10.7. The minimum Gasteiger partial charge on any atom is -0.478 e. The molecule has 92 valence electrons. The molecule has 0 saturated carbocycles. The first-order chi connectivity index (χ1) is 8.18. The first-order valence-electron chi connectivity index (χ1n) is 5.37. The molecule has 1 N–H and O–H groups in total. The van der Waals surface area contributed by atoms with Crippen molar-refractivity contribution < 1.29 is 19.4 Å². The number of carboxylic acids is 1. The third kappa shape index (κ3) is 2.27. The number of aromatic carboxylic acids is 1. The van der Waals surface area contributed by atoms with Crippen molar-refractivity contribution >= 4 is 5.97 Å². The first-order valence-corrected chi connectivity index (χ1v) is 5.37. The van der Waals surface area contributed by atoms with Gasteiger partial charge in [-0.25, -0.2) is 14.8 Å². The second-order valence-electron chi connectivity index (χ2n) is 3.91. The van der Waals surface area contributed by atoms with Gasteiger partial charge in [-0.05, 0) is 0 Å². The Morgan fingerprint density at radius 1 is 1.41 bits per heavy atom. The second kappa shape index (κ2) is 4.77. The van der Waals surface area contributed by atoms with E-state index in [9.17, 15) is 4.79 Å². The highest BCUT2D eigenvalue weighted by molar-refractivity contribution is 5.86. The van der Waals surface area contributed by atoms with E-state index in [2.05, 4.69) is 9.97 Å². The maximum absolute atomic E-state index is 10.7. The lowest BCUT2D eigenvalue weighted by atomic mass is 9.93. The normalized spacial score (nSPS) is 18.9. The number of methoxy groups -OCH3 is 1. The lowest BCUT2D eigenvalue weighted by Gasteiger charge is -2.34. The highest BCUT2D eigenvalue weighted by Gasteiger charge is 2.37. The van der Waals surface area contributed by atoms with Gasteiger partial charge in [-0.15, -0.1) is 0 Å².